The highest BCUT2D eigenvalue weighted by atomic mass is 16.3. The largest absolute Gasteiger partial charge is 0.378 e. The predicted octanol–water partition coefficient (Wildman–Crippen LogP) is 2.37. The van der Waals surface area contributed by atoms with E-state index in [2.05, 4.69) is 31.0 Å². The summed E-state index contributed by atoms with van der Waals surface area (Å²) in [6.07, 6.45) is 2.20. The van der Waals surface area contributed by atoms with Crippen molar-refractivity contribution in [2.75, 3.05) is 7.05 Å². The molecule has 0 bridgehead atoms. The van der Waals surface area contributed by atoms with E-state index < -0.39 is 6.23 Å². The Kier molecular flexibility index (Phi) is 3.50. The first kappa shape index (κ1) is 12.1. The van der Waals surface area contributed by atoms with Crippen molar-refractivity contribution in [2.45, 2.75) is 32.5 Å². The van der Waals surface area contributed by atoms with Crippen LogP contribution in [0.5, 0.6) is 0 Å². The van der Waals surface area contributed by atoms with Crippen molar-refractivity contribution in [2.24, 2.45) is 0 Å². The number of likely N-dealkylation sites (N-methyl/N-ethyl adjacent to an activating group) is 1. The molecule has 0 saturated carbocycles. The summed E-state index contributed by atoms with van der Waals surface area (Å²) in [5.74, 6) is 0. The number of H-pyrrole nitrogens is 1. The summed E-state index contributed by atoms with van der Waals surface area (Å²) in [5.41, 5.74) is 2.29. The Hall–Kier alpha value is -1.32. The van der Waals surface area contributed by atoms with E-state index >= 15 is 0 Å². The standard InChI is InChI=1S/C14H20N2O/c1-10(2)16(3)14(17)8-11-9-15-13-7-5-4-6-12(11)13/h4-7,9-10,14-15,17H,8H2,1-3H3. The lowest BCUT2D eigenvalue weighted by Gasteiger charge is -2.26. The third-order valence-electron chi connectivity index (χ3n) is 3.36. The van der Waals surface area contributed by atoms with Gasteiger partial charge >= 0.3 is 0 Å². The summed E-state index contributed by atoms with van der Waals surface area (Å²) >= 11 is 0. The number of hydrogen-bond donors (Lipinski definition) is 2. The highest BCUT2D eigenvalue weighted by molar-refractivity contribution is 5.83. The number of fused-ring (bicyclic) bond motifs is 1. The van der Waals surface area contributed by atoms with E-state index in [9.17, 15) is 5.11 Å². The van der Waals surface area contributed by atoms with Gasteiger partial charge in [-0.25, -0.2) is 0 Å². The molecule has 1 unspecified atom stereocenters. The van der Waals surface area contributed by atoms with Crippen LogP contribution >= 0.6 is 0 Å². The minimum Gasteiger partial charge on any atom is -0.378 e. The van der Waals surface area contributed by atoms with Gasteiger partial charge in [-0.3, -0.25) is 4.90 Å². The normalized spacial score (nSPS) is 13.8. The molecule has 0 saturated heterocycles. The van der Waals surface area contributed by atoms with Crippen LogP contribution < -0.4 is 0 Å². The lowest BCUT2D eigenvalue weighted by atomic mass is 10.1. The number of hydrogen-bond acceptors (Lipinski definition) is 2. The van der Waals surface area contributed by atoms with Crippen LogP contribution in [0.1, 0.15) is 19.4 Å². The summed E-state index contributed by atoms with van der Waals surface area (Å²) in [6.45, 7) is 4.16. The lowest BCUT2D eigenvalue weighted by molar-refractivity contribution is 0.00395. The zero-order chi connectivity index (χ0) is 12.4. The quantitative estimate of drug-likeness (QED) is 0.794. The monoisotopic (exact) mass is 232 g/mol. The van der Waals surface area contributed by atoms with Gasteiger partial charge in [0.15, 0.2) is 0 Å². The molecule has 2 aromatic rings. The molecule has 1 aromatic heterocycles. The van der Waals surface area contributed by atoms with Gasteiger partial charge in [-0.05, 0) is 32.5 Å². The zero-order valence-electron chi connectivity index (χ0n) is 10.6. The second-order valence-electron chi connectivity index (χ2n) is 4.80. The van der Waals surface area contributed by atoms with E-state index in [-0.39, 0.29) is 0 Å². The molecule has 3 heteroatoms. The van der Waals surface area contributed by atoms with Gasteiger partial charge in [0.25, 0.3) is 0 Å². The third kappa shape index (κ3) is 2.51. The zero-order valence-corrected chi connectivity index (χ0v) is 10.6. The number of nitrogens with one attached hydrogen (secondary N) is 1. The fourth-order valence-electron chi connectivity index (χ4n) is 1.99. The van der Waals surface area contributed by atoms with Gasteiger partial charge in [0.1, 0.15) is 6.23 Å². The second kappa shape index (κ2) is 4.90. The number of aliphatic hydroxyl groups is 1. The molecule has 17 heavy (non-hydrogen) atoms. The van der Waals surface area contributed by atoms with Crippen LogP contribution in [-0.2, 0) is 6.42 Å². The third-order valence-corrected chi connectivity index (χ3v) is 3.36. The smallest absolute Gasteiger partial charge is 0.111 e. The summed E-state index contributed by atoms with van der Waals surface area (Å²) < 4.78 is 0. The minimum atomic E-state index is -0.436. The van der Waals surface area contributed by atoms with Crippen LogP contribution in [0.2, 0.25) is 0 Å². The fourth-order valence-corrected chi connectivity index (χ4v) is 1.99. The number of aliphatic hydroxyl groups excluding tert-OH is 1. The van der Waals surface area contributed by atoms with E-state index in [1.807, 2.05) is 30.3 Å². The Morgan fingerprint density at radius 2 is 2.00 bits per heavy atom. The molecule has 1 heterocycles. The van der Waals surface area contributed by atoms with Crippen molar-refractivity contribution in [1.29, 1.82) is 0 Å². The van der Waals surface area contributed by atoms with E-state index in [1.165, 1.54) is 10.9 Å². The number of benzene rings is 1. The van der Waals surface area contributed by atoms with Gasteiger partial charge < -0.3 is 10.1 Å². The molecular weight excluding hydrogens is 212 g/mol. The molecule has 0 aliphatic rings. The Labute approximate surface area is 102 Å². The van der Waals surface area contributed by atoms with Crippen LogP contribution in [-0.4, -0.2) is 34.3 Å². The summed E-state index contributed by atoms with van der Waals surface area (Å²) in [4.78, 5) is 5.21. The summed E-state index contributed by atoms with van der Waals surface area (Å²) in [7, 11) is 1.95. The molecule has 0 radical (unpaired) electrons. The van der Waals surface area contributed by atoms with Crippen molar-refractivity contribution in [3.63, 3.8) is 0 Å². The van der Waals surface area contributed by atoms with Gasteiger partial charge in [0, 0.05) is 29.6 Å². The van der Waals surface area contributed by atoms with Crippen LogP contribution in [0.15, 0.2) is 30.5 Å². The van der Waals surface area contributed by atoms with Gasteiger partial charge in [0.2, 0.25) is 0 Å². The van der Waals surface area contributed by atoms with Gasteiger partial charge in [-0.2, -0.15) is 0 Å². The SMILES string of the molecule is CC(C)N(C)C(O)Cc1c[nH]c2ccccc12. The molecular formula is C14H20N2O. The molecule has 0 fully saturated rings. The average Bonchev–Trinajstić information content (AvgIpc) is 2.71. The Balaban J connectivity index is 2.18. The van der Waals surface area contributed by atoms with Crippen LogP contribution in [0, 0.1) is 0 Å². The topological polar surface area (TPSA) is 39.3 Å². The van der Waals surface area contributed by atoms with E-state index in [4.69, 9.17) is 0 Å². The maximum atomic E-state index is 10.1. The summed E-state index contributed by atoms with van der Waals surface area (Å²) in [6, 6.07) is 8.52. The number of aromatic amines is 1. The maximum absolute atomic E-state index is 10.1. The van der Waals surface area contributed by atoms with E-state index in [0.29, 0.717) is 12.5 Å². The van der Waals surface area contributed by atoms with Crippen LogP contribution in [0.4, 0.5) is 0 Å². The molecule has 92 valence electrons. The molecule has 0 aliphatic heterocycles. The highest BCUT2D eigenvalue weighted by Crippen LogP contribution is 2.19. The number of rotatable bonds is 4. The van der Waals surface area contributed by atoms with Crippen molar-refractivity contribution < 1.29 is 5.11 Å². The molecule has 0 aliphatic carbocycles. The average molecular weight is 232 g/mol. The first-order valence-electron chi connectivity index (χ1n) is 6.04. The molecule has 1 atom stereocenters. The molecule has 0 amide bonds. The highest BCUT2D eigenvalue weighted by Gasteiger charge is 2.16. The lowest BCUT2D eigenvalue weighted by Crippen LogP contribution is -2.38. The Morgan fingerprint density at radius 1 is 1.29 bits per heavy atom. The minimum absolute atomic E-state index is 0.343. The van der Waals surface area contributed by atoms with Crippen molar-refractivity contribution in [1.82, 2.24) is 9.88 Å². The summed E-state index contributed by atoms with van der Waals surface area (Å²) in [5, 5.41) is 11.3. The fraction of sp³-hybridized carbons (Fsp3) is 0.429. The van der Waals surface area contributed by atoms with E-state index in [0.717, 1.165) is 5.52 Å². The molecule has 2 rings (SSSR count). The number of para-hydroxylation sites is 1. The van der Waals surface area contributed by atoms with Crippen molar-refractivity contribution in [3.05, 3.63) is 36.0 Å². The second-order valence-corrected chi connectivity index (χ2v) is 4.80. The van der Waals surface area contributed by atoms with Crippen LogP contribution in [0.3, 0.4) is 0 Å². The number of nitrogens with zero attached hydrogens (tertiary/aromatic N) is 1. The van der Waals surface area contributed by atoms with Gasteiger partial charge in [-0.1, -0.05) is 18.2 Å². The van der Waals surface area contributed by atoms with Crippen LogP contribution in [0.25, 0.3) is 10.9 Å². The molecule has 2 N–H and O–H groups in total. The Bertz CT molecular complexity index is 490. The first-order valence-corrected chi connectivity index (χ1v) is 6.04. The van der Waals surface area contributed by atoms with E-state index in [1.54, 1.807) is 0 Å². The van der Waals surface area contributed by atoms with Gasteiger partial charge in [0.05, 0.1) is 0 Å². The molecule has 1 aromatic carbocycles. The maximum Gasteiger partial charge on any atom is 0.111 e. The van der Waals surface area contributed by atoms with Crippen molar-refractivity contribution in [3.8, 4) is 0 Å². The molecule has 0 spiro atoms. The molecule has 3 nitrogen and oxygen atoms in total. The number of aromatic nitrogens is 1. The first-order chi connectivity index (χ1) is 8.09. The Morgan fingerprint density at radius 3 is 2.71 bits per heavy atom. The van der Waals surface area contributed by atoms with Crippen molar-refractivity contribution >= 4 is 10.9 Å². The van der Waals surface area contributed by atoms with Gasteiger partial charge in [-0.15, -0.1) is 0 Å². The predicted molar refractivity (Wildman–Crippen MR) is 70.9 cm³/mol.